The van der Waals surface area contributed by atoms with Crippen molar-refractivity contribution in [3.63, 3.8) is 0 Å². The summed E-state index contributed by atoms with van der Waals surface area (Å²) in [5.41, 5.74) is 8.22. The topological polar surface area (TPSA) is 44.3 Å². The van der Waals surface area contributed by atoms with Gasteiger partial charge >= 0.3 is 0 Å². The first-order valence-corrected chi connectivity index (χ1v) is 4.65. The van der Waals surface area contributed by atoms with Crippen molar-refractivity contribution in [2.45, 2.75) is 6.42 Å². The number of rotatable bonds is 5. The van der Waals surface area contributed by atoms with E-state index in [0.29, 0.717) is 0 Å². The van der Waals surface area contributed by atoms with Gasteiger partial charge in [0.25, 0.3) is 0 Å². The van der Waals surface area contributed by atoms with Crippen LogP contribution >= 0.6 is 0 Å². The first-order valence-electron chi connectivity index (χ1n) is 4.65. The average molecular weight is 192 g/mol. The fourth-order valence-corrected chi connectivity index (χ4v) is 1.24. The molecule has 3 N–H and O–H groups in total. The molecule has 0 unspecified atom stereocenters. The van der Waals surface area contributed by atoms with E-state index in [9.17, 15) is 0 Å². The van der Waals surface area contributed by atoms with Crippen LogP contribution in [0.3, 0.4) is 0 Å². The van der Waals surface area contributed by atoms with Crippen LogP contribution < -0.4 is 10.9 Å². The van der Waals surface area contributed by atoms with Crippen LogP contribution in [0.25, 0.3) is 0 Å². The van der Waals surface area contributed by atoms with E-state index < -0.39 is 0 Å². The van der Waals surface area contributed by atoms with Gasteiger partial charge in [-0.05, 0) is 18.1 Å². The minimum atomic E-state index is 0.0988. The van der Waals surface area contributed by atoms with Gasteiger partial charge in [0, 0.05) is 7.05 Å². The SMILES string of the molecule is CNNc1ccccc1C/C=C/CO. The Morgan fingerprint density at radius 1 is 1.29 bits per heavy atom. The molecule has 0 radical (unpaired) electrons. The maximum Gasteiger partial charge on any atom is 0.0612 e. The van der Waals surface area contributed by atoms with Gasteiger partial charge in [-0.2, -0.15) is 0 Å². The van der Waals surface area contributed by atoms with Gasteiger partial charge in [-0.25, -0.2) is 5.43 Å². The molecule has 0 amide bonds. The second kappa shape index (κ2) is 6.18. The van der Waals surface area contributed by atoms with Crippen molar-refractivity contribution in [2.75, 3.05) is 19.1 Å². The molecule has 0 aromatic heterocycles. The maximum absolute atomic E-state index is 8.60. The van der Waals surface area contributed by atoms with Crippen LogP contribution in [0.4, 0.5) is 5.69 Å². The van der Waals surface area contributed by atoms with Crippen LogP contribution in [0, 0.1) is 0 Å². The zero-order valence-electron chi connectivity index (χ0n) is 8.33. The van der Waals surface area contributed by atoms with Gasteiger partial charge in [0.2, 0.25) is 0 Å². The lowest BCUT2D eigenvalue weighted by atomic mass is 10.1. The molecule has 0 atom stereocenters. The molecule has 0 heterocycles. The molecule has 0 bridgehead atoms. The summed E-state index contributed by atoms with van der Waals surface area (Å²) < 4.78 is 0. The minimum Gasteiger partial charge on any atom is -0.392 e. The number of para-hydroxylation sites is 1. The highest BCUT2D eigenvalue weighted by Crippen LogP contribution is 2.14. The maximum atomic E-state index is 8.60. The summed E-state index contributed by atoms with van der Waals surface area (Å²) in [4.78, 5) is 0. The summed E-state index contributed by atoms with van der Waals surface area (Å²) in [6, 6.07) is 8.06. The monoisotopic (exact) mass is 192 g/mol. The number of nitrogens with one attached hydrogen (secondary N) is 2. The summed E-state index contributed by atoms with van der Waals surface area (Å²) in [5.74, 6) is 0. The summed E-state index contributed by atoms with van der Waals surface area (Å²) in [7, 11) is 1.83. The number of benzene rings is 1. The summed E-state index contributed by atoms with van der Waals surface area (Å²) >= 11 is 0. The highest BCUT2D eigenvalue weighted by molar-refractivity contribution is 5.50. The summed E-state index contributed by atoms with van der Waals surface area (Å²) in [6.45, 7) is 0.0988. The zero-order chi connectivity index (χ0) is 10.2. The Morgan fingerprint density at radius 2 is 2.07 bits per heavy atom. The van der Waals surface area contributed by atoms with Crippen molar-refractivity contribution in [1.82, 2.24) is 5.43 Å². The number of hydrogen-bond acceptors (Lipinski definition) is 3. The fourth-order valence-electron chi connectivity index (χ4n) is 1.24. The number of allylic oxidation sites excluding steroid dienone is 1. The third kappa shape index (κ3) is 3.20. The zero-order valence-corrected chi connectivity index (χ0v) is 8.33. The van der Waals surface area contributed by atoms with Crippen molar-refractivity contribution < 1.29 is 5.11 Å². The largest absolute Gasteiger partial charge is 0.392 e. The molecule has 0 aliphatic heterocycles. The molecule has 76 valence electrons. The fraction of sp³-hybridized carbons (Fsp3) is 0.273. The molecular formula is C11H16N2O. The van der Waals surface area contributed by atoms with Crippen molar-refractivity contribution >= 4 is 5.69 Å². The van der Waals surface area contributed by atoms with Crippen molar-refractivity contribution in [3.8, 4) is 0 Å². The summed E-state index contributed by atoms with van der Waals surface area (Å²) in [6.07, 6.45) is 4.53. The van der Waals surface area contributed by atoms with Crippen molar-refractivity contribution in [3.05, 3.63) is 42.0 Å². The number of aliphatic hydroxyl groups is 1. The van der Waals surface area contributed by atoms with Crippen molar-refractivity contribution in [2.24, 2.45) is 0 Å². The number of anilines is 1. The van der Waals surface area contributed by atoms with E-state index in [1.807, 2.05) is 31.3 Å². The molecule has 1 aromatic carbocycles. The molecule has 14 heavy (non-hydrogen) atoms. The van der Waals surface area contributed by atoms with Gasteiger partial charge in [-0.3, -0.25) is 0 Å². The van der Waals surface area contributed by atoms with Gasteiger partial charge in [0.05, 0.1) is 12.3 Å². The standard InChI is InChI=1S/C11H16N2O/c1-12-13-11-8-3-2-6-10(11)7-4-5-9-14/h2-6,8,12-14H,7,9H2,1H3/b5-4+. The Labute approximate surface area is 84.4 Å². The second-order valence-electron chi connectivity index (χ2n) is 2.89. The highest BCUT2D eigenvalue weighted by Gasteiger charge is 1.96. The number of hydrazine groups is 1. The van der Waals surface area contributed by atoms with Gasteiger partial charge in [0.15, 0.2) is 0 Å². The third-order valence-corrected chi connectivity index (χ3v) is 1.89. The van der Waals surface area contributed by atoms with E-state index in [2.05, 4.69) is 16.9 Å². The molecule has 3 heteroatoms. The third-order valence-electron chi connectivity index (χ3n) is 1.89. The number of aliphatic hydroxyl groups excluding tert-OH is 1. The van der Waals surface area contributed by atoms with Crippen LogP contribution in [0.2, 0.25) is 0 Å². The van der Waals surface area contributed by atoms with Crippen molar-refractivity contribution in [1.29, 1.82) is 0 Å². The number of hydrogen-bond donors (Lipinski definition) is 3. The minimum absolute atomic E-state index is 0.0988. The van der Waals surface area contributed by atoms with Gasteiger partial charge < -0.3 is 10.5 Å². The molecule has 0 spiro atoms. The van der Waals surface area contributed by atoms with E-state index in [1.54, 1.807) is 6.08 Å². The van der Waals surface area contributed by atoms with Gasteiger partial charge in [-0.1, -0.05) is 30.4 Å². The lowest BCUT2D eigenvalue weighted by molar-refractivity contribution is 0.342. The van der Waals surface area contributed by atoms with Crippen LogP contribution in [0.15, 0.2) is 36.4 Å². The quantitative estimate of drug-likeness (QED) is 0.487. The van der Waals surface area contributed by atoms with E-state index >= 15 is 0 Å². The van der Waals surface area contributed by atoms with E-state index in [1.165, 1.54) is 5.56 Å². The first-order chi connectivity index (χ1) is 6.88. The smallest absolute Gasteiger partial charge is 0.0612 e. The molecular weight excluding hydrogens is 176 g/mol. The first kappa shape index (κ1) is 10.8. The van der Waals surface area contributed by atoms with Crippen LogP contribution in [0.1, 0.15) is 5.56 Å². The molecule has 0 saturated carbocycles. The Morgan fingerprint density at radius 3 is 2.79 bits per heavy atom. The predicted molar refractivity (Wildman–Crippen MR) is 59.1 cm³/mol. The normalized spacial score (nSPS) is 10.7. The average Bonchev–Trinajstić information content (AvgIpc) is 2.21. The van der Waals surface area contributed by atoms with Crippen LogP contribution in [0.5, 0.6) is 0 Å². The molecule has 0 saturated heterocycles. The lowest BCUT2D eigenvalue weighted by Crippen LogP contribution is -2.16. The Balaban J connectivity index is 2.68. The molecule has 1 rings (SSSR count). The summed E-state index contributed by atoms with van der Waals surface area (Å²) in [5, 5.41) is 8.60. The Bertz CT molecular complexity index is 297. The van der Waals surface area contributed by atoms with E-state index in [0.717, 1.165) is 12.1 Å². The van der Waals surface area contributed by atoms with Crippen LogP contribution in [-0.2, 0) is 6.42 Å². The molecule has 0 fully saturated rings. The van der Waals surface area contributed by atoms with E-state index in [-0.39, 0.29) is 6.61 Å². The van der Waals surface area contributed by atoms with Crippen LogP contribution in [-0.4, -0.2) is 18.8 Å². The molecule has 1 aromatic rings. The Hall–Kier alpha value is -1.32. The van der Waals surface area contributed by atoms with Gasteiger partial charge in [0.1, 0.15) is 0 Å². The lowest BCUT2D eigenvalue weighted by Gasteiger charge is -2.08. The predicted octanol–water partition coefficient (Wildman–Crippen LogP) is 1.32. The molecule has 0 aliphatic rings. The highest BCUT2D eigenvalue weighted by atomic mass is 16.2. The second-order valence-corrected chi connectivity index (χ2v) is 2.89. The van der Waals surface area contributed by atoms with E-state index in [4.69, 9.17) is 5.11 Å². The molecule has 3 nitrogen and oxygen atoms in total. The molecule has 0 aliphatic carbocycles. The Kier molecular flexibility index (Phi) is 4.75. The van der Waals surface area contributed by atoms with Gasteiger partial charge in [-0.15, -0.1) is 0 Å².